The van der Waals surface area contributed by atoms with Crippen molar-refractivity contribution in [1.82, 2.24) is 5.06 Å². The number of nitrogens with two attached hydrogens (primary N) is 1. The first-order chi connectivity index (χ1) is 10.5. The lowest BCUT2D eigenvalue weighted by Gasteiger charge is -2.16. The van der Waals surface area contributed by atoms with Gasteiger partial charge in [-0.25, -0.2) is 9.18 Å². The van der Waals surface area contributed by atoms with E-state index in [4.69, 9.17) is 5.73 Å². The molecular weight excluding hydrogens is 303 g/mol. The lowest BCUT2D eigenvalue weighted by molar-refractivity contribution is -0.0560. The normalized spacial score (nSPS) is 12.5. The number of hydrogen-bond acceptors (Lipinski definition) is 3. The van der Waals surface area contributed by atoms with Gasteiger partial charge in [-0.15, -0.1) is 11.3 Å². The summed E-state index contributed by atoms with van der Waals surface area (Å²) in [6, 6.07) is 9.00. The molecule has 0 fully saturated rings. The molecule has 2 amide bonds. The monoisotopic (exact) mass is 320 g/mol. The van der Waals surface area contributed by atoms with Gasteiger partial charge in [-0.1, -0.05) is 18.2 Å². The molecule has 3 N–H and O–H groups in total. The van der Waals surface area contributed by atoms with Crippen molar-refractivity contribution in [3.05, 3.63) is 63.6 Å². The summed E-state index contributed by atoms with van der Waals surface area (Å²) in [5.74, 6) is -0.240. The number of rotatable bonds is 5. The highest BCUT2D eigenvalue weighted by Crippen LogP contribution is 2.21. The summed E-state index contributed by atoms with van der Waals surface area (Å²) >= 11 is 1.60. The first kappa shape index (κ1) is 16.2. The average molecular weight is 320 g/mol. The Morgan fingerprint density at radius 2 is 2.05 bits per heavy atom. The number of urea groups is 1. The lowest BCUT2D eigenvalue weighted by atomic mass is 10.1. The summed E-state index contributed by atoms with van der Waals surface area (Å²) in [7, 11) is 0. The zero-order chi connectivity index (χ0) is 16.1. The Morgan fingerprint density at radius 1 is 1.36 bits per heavy atom. The highest BCUT2D eigenvalue weighted by molar-refractivity contribution is 7.12. The van der Waals surface area contributed by atoms with E-state index in [0.717, 1.165) is 21.7 Å². The summed E-state index contributed by atoms with van der Waals surface area (Å²) in [6.07, 6.45) is 4.26. The fourth-order valence-electron chi connectivity index (χ4n) is 1.90. The number of hydroxylamine groups is 2. The Hall–Kier alpha value is -2.18. The van der Waals surface area contributed by atoms with Gasteiger partial charge in [0.05, 0.1) is 6.04 Å². The largest absolute Gasteiger partial charge is 0.350 e. The third-order valence-electron chi connectivity index (χ3n) is 3.12. The molecule has 0 spiro atoms. The van der Waals surface area contributed by atoms with Crippen LogP contribution in [0.5, 0.6) is 0 Å². The molecule has 0 radical (unpaired) electrons. The molecule has 116 valence electrons. The van der Waals surface area contributed by atoms with E-state index in [1.807, 2.05) is 18.2 Å². The van der Waals surface area contributed by atoms with Gasteiger partial charge in [0.25, 0.3) is 0 Å². The second-order valence-corrected chi connectivity index (χ2v) is 6.09. The Labute approximate surface area is 132 Å². The van der Waals surface area contributed by atoms with Crippen LogP contribution in [-0.4, -0.2) is 22.3 Å². The van der Waals surface area contributed by atoms with Crippen LogP contribution >= 0.6 is 11.3 Å². The molecule has 1 atom stereocenters. The van der Waals surface area contributed by atoms with Crippen molar-refractivity contribution in [2.75, 3.05) is 0 Å². The van der Waals surface area contributed by atoms with Gasteiger partial charge in [-0.05, 0) is 42.8 Å². The number of hydrogen-bond donors (Lipinski definition) is 2. The van der Waals surface area contributed by atoms with Crippen LogP contribution in [0.15, 0.2) is 42.5 Å². The van der Waals surface area contributed by atoms with Crippen LogP contribution < -0.4 is 5.73 Å². The number of carbonyl (C=O) groups is 1. The van der Waals surface area contributed by atoms with Crippen LogP contribution in [-0.2, 0) is 6.42 Å². The molecule has 0 aliphatic rings. The van der Waals surface area contributed by atoms with E-state index in [1.165, 1.54) is 12.1 Å². The predicted octanol–water partition coefficient (Wildman–Crippen LogP) is 3.65. The summed E-state index contributed by atoms with van der Waals surface area (Å²) in [5.41, 5.74) is 6.03. The van der Waals surface area contributed by atoms with Gasteiger partial charge in [0.1, 0.15) is 5.82 Å². The number of thiophene rings is 1. The van der Waals surface area contributed by atoms with Gasteiger partial charge >= 0.3 is 6.03 Å². The molecule has 1 aromatic carbocycles. The predicted molar refractivity (Wildman–Crippen MR) is 85.2 cm³/mol. The van der Waals surface area contributed by atoms with Gasteiger partial charge in [-0.3, -0.25) is 5.21 Å². The molecular formula is C16H17FN2O2S. The maximum atomic E-state index is 12.9. The fourth-order valence-corrected chi connectivity index (χ4v) is 2.86. The van der Waals surface area contributed by atoms with Crippen LogP contribution in [0.2, 0.25) is 0 Å². The molecule has 1 heterocycles. The molecule has 1 aromatic heterocycles. The van der Waals surface area contributed by atoms with Crippen molar-refractivity contribution in [1.29, 1.82) is 0 Å². The van der Waals surface area contributed by atoms with Crippen molar-refractivity contribution in [3.63, 3.8) is 0 Å². The second-order valence-electron chi connectivity index (χ2n) is 4.89. The van der Waals surface area contributed by atoms with Crippen molar-refractivity contribution < 1.29 is 14.4 Å². The SMILES string of the molecule is C[C@H](/C=C\c1ccc(Cc2ccc(F)cc2)s1)N(O)C(N)=O. The first-order valence-corrected chi connectivity index (χ1v) is 7.56. The molecule has 0 saturated carbocycles. The Bertz CT molecular complexity index is 667. The molecule has 4 nitrogen and oxygen atoms in total. The number of amides is 2. The average Bonchev–Trinajstić information content (AvgIpc) is 2.94. The molecule has 0 aliphatic carbocycles. The smallest absolute Gasteiger partial charge is 0.339 e. The van der Waals surface area contributed by atoms with Crippen molar-refractivity contribution >= 4 is 23.4 Å². The summed E-state index contributed by atoms with van der Waals surface area (Å²) in [5, 5.41) is 9.85. The van der Waals surface area contributed by atoms with Crippen molar-refractivity contribution in [3.8, 4) is 0 Å². The fraction of sp³-hybridized carbons (Fsp3) is 0.188. The van der Waals surface area contributed by atoms with Crippen LogP contribution in [0.3, 0.4) is 0 Å². The number of nitrogens with zero attached hydrogens (tertiary/aromatic N) is 1. The zero-order valence-electron chi connectivity index (χ0n) is 12.1. The maximum absolute atomic E-state index is 12.9. The molecule has 0 bridgehead atoms. The van der Waals surface area contributed by atoms with Gasteiger partial charge < -0.3 is 5.73 Å². The molecule has 22 heavy (non-hydrogen) atoms. The van der Waals surface area contributed by atoms with Crippen LogP contribution in [0.25, 0.3) is 6.08 Å². The topological polar surface area (TPSA) is 66.6 Å². The van der Waals surface area contributed by atoms with Crippen LogP contribution in [0, 0.1) is 5.82 Å². The quantitative estimate of drug-likeness (QED) is 0.652. The number of carbonyl (C=O) groups excluding carboxylic acids is 1. The van der Waals surface area contributed by atoms with E-state index in [1.54, 1.807) is 36.5 Å². The first-order valence-electron chi connectivity index (χ1n) is 6.74. The molecule has 2 aromatic rings. The summed E-state index contributed by atoms with van der Waals surface area (Å²) < 4.78 is 12.9. The minimum absolute atomic E-state index is 0.240. The van der Waals surface area contributed by atoms with Crippen LogP contribution in [0.1, 0.15) is 22.2 Å². The van der Waals surface area contributed by atoms with E-state index in [2.05, 4.69) is 0 Å². The second kappa shape index (κ2) is 7.20. The minimum Gasteiger partial charge on any atom is -0.350 e. The summed E-state index contributed by atoms with van der Waals surface area (Å²) in [4.78, 5) is 13.0. The lowest BCUT2D eigenvalue weighted by Crippen LogP contribution is -2.38. The minimum atomic E-state index is -0.889. The molecule has 0 unspecified atom stereocenters. The Kier molecular flexibility index (Phi) is 5.30. The molecule has 0 aliphatic heterocycles. The Balaban J connectivity index is 1.99. The third kappa shape index (κ3) is 4.41. The van der Waals surface area contributed by atoms with Crippen LogP contribution in [0.4, 0.5) is 9.18 Å². The van der Waals surface area contributed by atoms with Gasteiger partial charge in [0, 0.05) is 16.2 Å². The zero-order valence-corrected chi connectivity index (χ0v) is 12.9. The van der Waals surface area contributed by atoms with Crippen molar-refractivity contribution in [2.45, 2.75) is 19.4 Å². The van der Waals surface area contributed by atoms with E-state index < -0.39 is 12.1 Å². The van der Waals surface area contributed by atoms with E-state index in [-0.39, 0.29) is 5.82 Å². The molecule has 6 heteroatoms. The highest BCUT2D eigenvalue weighted by atomic mass is 32.1. The molecule has 0 saturated heterocycles. The number of halogens is 1. The number of primary amides is 1. The van der Waals surface area contributed by atoms with Crippen molar-refractivity contribution in [2.24, 2.45) is 5.73 Å². The number of benzene rings is 1. The molecule has 2 rings (SSSR count). The van der Waals surface area contributed by atoms with E-state index in [9.17, 15) is 14.4 Å². The van der Waals surface area contributed by atoms with Gasteiger partial charge in [-0.2, -0.15) is 5.06 Å². The van der Waals surface area contributed by atoms with Gasteiger partial charge in [0.2, 0.25) is 0 Å². The third-order valence-corrected chi connectivity index (χ3v) is 4.18. The van der Waals surface area contributed by atoms with Gasteiger partial charge in [0.15, 0.2) is 0 Å². The standard InChI is InChI=1S/C16H17FN2O2S/c1-11(19(21)16(18)20)2-7-14-8-9-15(22-14)10-12-3-5-13(17)6-4-12/h2-9,11,21H,10H2,1H3,(H2,18,20)/b7-2-/t11-/m1/s1. The maximum Gasteiger partial charge on any atom is 0.339 e. The van der Waals surface area contributed by atoms with E-state index in [0.29, 0.717) is 5.06 Å². The summed E-state index contributed by atoms with van der Waals surface area (Å²) in [6.45, 7) is 1.66. The van der Waals surface area contributed by atoms with E-state index >= 15 is 0 Å². The Morgan fingerprint density at radius 3 is 2.68 bits per heavy atom. The highest BCUT2D eigenvalue weighted by Gasteiger charge is 2.11.